The van der Waals surface area contributed by atoms with Crippen LogP contribution in [0.25, 0.3) is 0 Å². The van der Waals surface area contributed by atoms with Gasteiger partial charge in [0.2, 0.25) is 0 Å². The predicted octanol–water partition coefficient (Wildman–Crippen LogP) is -10.3. The summed E-state index contributed by atoms with van der Waals surface area (Å²) >= 11 is 0. The molecule has 0 saturated heterocycles. The number of hydrogen-bond acceptors (Lipinski definition) is 8. The minimum atomic E-state index is -5.61. The average molecular weight is 454 g/mol. The van der Waals surface area contributed by atoms with Crippen LogP contribution in [0.4, 0.5) is 0 Å². The van der Waals surface area contributed by atoms with Crippen molar-refractivity contribution in [2.24, 2.45) is 0 Å². The zero-order valence-corrected chi connectivity index (χ0v) is 13.3. The van der Waals surface area contributed by atoms with Crippen molar-refractivity contribution in [1.82, 2.24) is 0 Å². The van der Waals surface area contributed by atoms with Crippen LogP contribution in [0, 0.1) is 0 Å². The molecular weight excluding hydrogens is 454 g/mol. The van der Waals surface area contributed by atoms with Crippen molar-refractivity contribution >= 4 is 18.1 Å². The molecule has 0 aromatic carbocycles. The number of hydrogen-bond donors (Lipinski definition) is 0. The molecule has 12 heavy (non-hydrogen) atoms. The smallest absolute Gasteiger partial charge is 0.894 e. The van der Waals surface area contributed by atoms with Crippen LogP contribution in [-0.4, -0.2) is 18.1 Å². The fourth-order valence-corrected chi connectivity index (χ4v) is 0. The van der Waals surface area contributed by atoms with E-state index in [0.29, 0.717) is 0 Å². The van der Waals surface area contributed by atoms with Crippen molar-refractivity contribution in [3.05, 3.63) is 0 Å². The molecule has 0 rings (SSSR count). The van der Waals surface area contributed by atoms with Gasteiger partial charge in [0.25, 0.3) is 0 Å². The Morgan fingerprint density at radius 2 is 0.500 bits per heavy atom. The summed E-state index contributed by atoms with van der Waals surface area (Å²) < 4.78 is 0. The van der Waals surface area contributed by atoms with Gasteiger partial charge < -0.3 is 56.5 Å². The molecule has 0 aromatic rings. The first kappa shape index (κ1) is 23.6. The van der Waals surface area contributed by atoms with Gasteiger partial charge in [-0.3, -0.25) is 0 Å². The maximum Gasteiger partial charge on any atom is 4.00 e. The largest absolute Gasteiger partial charge is 4.00 e. The summed E-state index contributed by atoms with van der Waals surface area (Å²) in [7, 11) is -11.2. The van der Waals surface area contributed by atoms with E-state index >= 15 is 0 Å². The SMILES string of the molecule is [Hf+4].[O-][Si]([O-])([O-])[O-].[O-][Si]([O-])([O-])[O-].[Zr+4]. The topological polar surface area (TPSA) is 184 Å². The van der Waals surface area contributed by atoms with E-state index in [2.05, 4.69) is 0 Å². The zero-order valence-electron chi connectivity index (χ0n) is 5.27. The van der Waals surface area contributed by atoms with E-state index in [-0.39, 0.29) is 52.0 Å². The molecule has 64 valence electrons. The first-order chi connectivity index (χ1) is 4.00. The molecule has 0 spiro atoms. The van der Waals surface area contributed by atoms with E-state index < -0.39 is 18.1 Å². The Morgan fingerprint density at radius 3 is 0.500 bits per heavy atom. The summed E-state index contributed by atoms with van der Waals surface area (Å²) in [6.45, 7) is 0. The molecule has 0 aromatic heterocycles. The minimum Gasteiger partial charge on any atom is -0.894 e. The monoisotopic (exact) mass is 454 g/mol. The molecule has 0 atom stereocenters. The van der Waals surface area contributed by atoms with Gasteiger partial charge in [0, 0.05) is 0 Å². The summed E-state index contributed by atoms with van der Waals surface area (Å²) in [5.41, 5.74) is 0. The molecule has 0 aliphatic heterocycles. The fourth-order valence-electron chi connectivity index (χ4n) is 0. The van der Waals surface area contributed by atoms with E-state index in [0.717, 1.165) is 0 Å². The quantitative estimate of drug-likeness (QED) is 0.323. The van der Waals surface area contributed by atoms with Crippen LogP contribution >= 0.6 is 0 Å². The molecule has 0 bridgehead atoms. The van der Waals surface area contributed by atoms with Gasteiger partial charge in [0.05, 0.1) is 0 Å². The van der Waals surface area contributed by atoms with Crippen molar-refractivity contribution in [1.29, 1.82) is 0 Å². The van der Waals surface area contributed by atoms with E-state index in [1.165, 1.54) is 0 Å². The summed E-state index contributed by atoms with van der Waals surface area (Å²) in [6.07, 6.45) is 0. The first-order valence-corrected chi connectivity index (χ1v) is 4.90. The maximum absolute atomic E-state index is 8.58. The third-order valence-electron chi connectivity index (χ3n) is 0. The van der Waals surface area contributed by atoms with E-state index in [9.17, 15) is 0 Å². The molecule has 0 aliphatic rings. The first-order valence-electron chi connectivity index (χ1n) is 1.63. The van der Waals surface area contributed by atoms with E-state index in [1.54, 1.807) is 0 Å². The summed E-state index contributed by atoms with van der Waals surface area (Å²) in [5, 5.41) is 0. The van der Waals surface area contributed by atoms with Gasteiger partial charge in [-0.2, -0.15) is 0 Å². The Labute approximate surface area is 108 Å². The van der Waals surface area contributed by atoms with Gasteiger partial charge in [-0.1, -0.05) is 0 Å². The Hall–Kier alpha value is 1.87. The molecule has 8 nitrogen and oxygen atoms in total. The van der Waals surface area contributed by atoms with Crippen molar-refractivity contribution in [2.75, 3.05) is 0 Å². The van der Waals surface area contributed by atoms with Crippen molar-refractivity contribution in [2.45, 2.75) is 0 Å². The fraction of sp³-hybridized carbons (Fsp3) is 0. The molecule has 0 fully saturated rings. The Morgan fingerprint density at radius 1 is 0.500 bits per heavy atom. The van der Waals surface area contributed by atoms with Crippen molar-refractivity contribution in [3.63, 3.8) is 0 Å². The minimum absolute atomic E-state index is 0. The molecule has 0 saturated carbocycles. The molecular formula is HfO8Si2Zr. The van der Waals surface area contributed by atoms with E-state index in [4.69, 9.17) is 38.4 Å². The van der Waals surface area contributed by atoms with Gasteiger partial charge in [-0.15, -0.1) is 0 Å². The zero-order chi connectivity index (χ0) is 9.00. The molecule has 0 radical (unpaired) electrons. The number of rotatable bonds is 0. The molecule has 0 amide bonds. The van der Waals surface area contributed by atoms with Crippen LogP contribution in [0.3, 0.4) is 0 Å². The Kier molecular flexibility index (Phi) is 18.5. The summed E-state index contributed by atoms with van der Waals surface area (Å²) in [5.74, 6) is 0. The van der Waals surface area contributed by atoms with E-state index in [1.807, 2.05) is 0 Å². The van der Waals surface area contributed by atoms with Crippen molar-refractivity contribution in [3.8, 4) is 0 Å². The Balaban J connectivity index is -0.0000000457. The van der Waals surface area contributed by atoms with Crippen LogP contribution < -0.4 is 38.4 Å². The second-order valence-corrected chi connectivity index (χ2v) is 3.00. The van der Waals surface area contributed by atoms with Gasteiger partial charge in [0.1, 0.15) is 0 Å². The van der Waals surface area contributed by atoms with Crippen LogP contribution in [0.5, 0.6) is 0 Å². The summed E-state index contributed by atoms with van der Waals surface area (Å²) in [6, 6.07) is 0. The molecule has 0 heterocycles. The van der Waals surface area contributed by atoms with Gasteiger partial charge in [-0.05, 0) is 0 Å². The summed E-state index contributed by atoms with van der Waals surface area (Å²) in [4.78, 5) is 68.6. The van der Waals surface area contributed by atoms with Crippen LogP contribution in [0.2, 0.25) is 0 Å². The third-order valence-corrected chi connectivity index (χ3v) is 0. The molecule has 0 aliphatic carbocycles. The molecule has 12 heteroatoms. The Bertz CT molecular complexity index is 60.0. The predicted molar refractivity (Wildman–Crippen MR) is 11.5 cm³/mol. The third kappa shape index (κ3) is 402. The molecule has 0 unspecified atom stereocenters. The van der Waals surface area contributed by atoms with Crippen molar-refractivity contribution < 1.29 is 90.4 Å². The maximum atomic E-state index is 8.58. The van der Waals surface area contributed by atoms with Gasteiger partial charge in [-0.25, -0.2) is 0 Å². The second kappa shape index (κ2) is 9.42. The standard InChI is InChI=1S/Hf.2O4Si.Zr/c;2*1-5(2,3)4;/q+4;2*-4;+4. The second-order valence-electron chi connectivity index (χ2n) is 1.00. The molecule has 0 N–H and O–H groups in total. The average Bonchev–Trinajstić information content (AvgIpc) is 1.12. The van der Waals surface area contributed by atoms with Crippen LogP contribution in [-0.2, 0) is 52.0 Å². The van der Waals surface area contributed by atoms with Crippen LogP contribution in [0.1, 0.15) is 0 Å². The normalized spacial score (nSPS) is 10.0. The van der Waals surface area contributed by atoms with Gasteiger partial charge in [0.15, 0.2) is 0 Å². The van der Waals surface area contributed by atoms with Crippen LogP contribution in [0.15, 0.2) is 0 Å². The van der Waals surface area contributed by atoms with Gasteiger partial charge >= 0.3 is 52.0 Å².